The van der Waals surface area contributed by atoms with Gasteiger partial charge in [0.05, 0.1) is 23.7 Å². The second-order valence-corrected chi connectivity index (χ2v) is 9.03. The van der Waals surface area contributed by atoms with Crippen LogP contribution >= 0.6 is 11.6 Å². The highest BCUT2D eigenvalue weighted by Gasteiger charge is 2.19. The fourth-order valence-electron chi connectivity index (χ4n) is 4.21. The highest BCUT2D eigenvalue weighted by atomic mass is 35.5. The third-order valence-electron chi connectivity index (χ3n) is 5.94. The summed E-state index contributed by atoms with van der Waals surface area (Å²) in [5, 5.41) is 3.61. The quantitative estimate of drug-likeness (QED) is 0.275. The zero-order valence-corrected chi connectivity index (χ0v) is 20.6. The standard InChI is InChI=1S/C28H30ClN3O2/c1-19-10-8-11-20(2)26(19)34-17-7-6-16-32-25-15-5-4-14-24(25)31-27(32)21(3)30-28(33)22-12-9-13-23(29)18-22/h4-5,8-15,18,21H,6-7,16-17H2,1-3H3,(H,30,33). The summed E-state index contributed by atoms with van der Waals surface area (Å²) in [6, 6.07) is 21.0. The number of carbonyl (C=O) groups excluding carboxylic acids is 1. The maximum absolute atomic E-state index is 12.8. The zero-order valence-electron chi connectivity index (χ0n) is 19.8. The van der Waals surface area contributed by atoms with E-state index in [1.54, 1.807) is 24.3 Å². The van der Waals surface area contributed by atoms with Gasteiger partial charge in [-0.25, -0.2) is 4.98 Å². The van der Waals surface area contributed by atoms with Crippen molar-refractivity contribution in [3.63, 3.8) is 0 Å². The van der Waals surface area contributed by atoms with Crippen LogP contribution < -0.4 is 10.1 Å². The molecule has 1 aromatic heterocycles. The van der Waals surface area contributed by atoms with Crippen molar-refractivity contribution in [2.75, 3.05) is 6.61 Å². The largest absolute Gasteiger partial charge is 0.493 e. The van der Waals surface area contributed by atoms with Crippen LogP contribution in [0.3, 0.4) is 0 Å². The lowest BCUT2D eigenvalue weighted by molar-refractivity contribution is 0.0937. The molecule has 0 aliphatic carbocycles. The molecule has 34 heavy (non-hydrogen) atoms. The van der Waals surface area contributed by atoms with Gasteiger partial charge in [-0.2, -0.15) is 0 Å². The molecule has 0 fully saturated rings. The number of amides is 1. The van der Waals surface area contributed by atoms with Crippen LogP contribution in [-0.4, -0.2) is 22.1 Å². The minimum atomic E-state index is -0.259. The lowest BCUT2D eigenvalue weighted by Crippen LogP contribution is -2.28. The molecule has 1 amide bonds. The van der Waals surface area contributed by atoms with E-state index in [2.05, 4.69) is 48.0 Å². The Balaban J connectivity index is 1.44. The maximum atomic E-state index is 12.8. The lowest BCUT2D eigenvalue weighted by atomic mass is 10.1. The summed E-state index contributed by atoms with van der Waals surface area (Å²) in [6.07, 6.45) is 1.86. The molecule has 3 aromatic carbocycles. The predicted octanol–water partition coefficient (Wildman–Crippen LogP) is 6.66. The lowest BCUT2D eigenvalue weighted by Gasteiger charge is -2.17. The Bertz CT molecular complexity index is 1280. The fourth-order valence-corrected chi connectivity index (χ4v) is 4.40. The third-order valence-corrected chi connectivity index (χ3v) is 6.17. The Morgan fingerprint density at radius 2 is 1.76 bits per heavy atom. The molecule has 1 heterocycles. The van der Waals surface area contributed by atoms with Gasteiger partial charge in [0.15, 0.2) is 0 Å². The highest BCUT2D eigenvalue weighted by molar-refractivity contribution is 6.30. The van der Waals surface area contributed by atoms with Gasteiger partial charge >= 0.3 is 0 Å². The molecule has 0 saturated carbocycles. The van der Waals surface area contributed by atoms with E-state index in [0.29, 0.717) is 17.2 Å². The Labute approximate surface area is 205 Å². The van der Waals surface area contributed by atoms with Gasteiger partial charge in [0.1, 0.15) is 11.6 Å². The number of imidazole rings is 1. The highest BCUT2D eigenvalue weighted by Crippen LogP contribution is 2.24. The van der Waals surface area contributed by atoms with Gasteiger partial charge in [0, 0.05) is 17.1 Å². The number of nitrogens with one attached hydrogen (secondary N) is 1. The van der Waals surface area contributed by atoms with Crippen molar-refractivity contribution < 1.29 is 9.53 Å². The number of ether oxygens (including phenoxy) is 1. The molecule has 0 spiro atoms. The molecule has 4 aromatic rings. The van der Waals surface area contributed by atoms with Crippen molar-refractivity contribution in [3.8, 4) is 5.75 Å². The van der Waals surface area contributed by atoms with Crippen molar-refractivity contribution in [2.45, 2.75) is 46.2 Å². The van der Waals surface area contributed by atoms with E-state index in [9.17, 15) is 4.79 Å². The van der Waals surface area contributed by atoms with Gasteiger partial charge in [0.2, 0.25) is 0 Å². The molecule has 1 atom stereocenters. The Morgan fingerprint density at radius 1 is 1.03 bits per heavy atom. The summed E-state index contributed by atoms with van der Waals surface area (Å²) in [4.78, 5) is 17.6. The zero-order chi connectivity index (χ0) is 24.1. The van der Waals surface area contributed by atoms with Crippen molar-refractivity contribution in [1.29, 1.82) is 0 Å². The second-order valence-electron chi connectivity index (χ2n) is 8.59. The molecular weight excluding hydrogens is 446 g/mol. The topological polar surface area (TPSA) is 56.1 Å². The Kier molecular flexibility index (Phi) is 7.53. The summed E-state index contributed by atoms with van der Waals surface area (Å²) in [7, 11) is 0. The van der Waals surface area contributed by atoms with E-state index in [1.165, 1.54) is 0 Å². The number of carbonyl (C=O) groups is 1. The first kappa shape index (κ1) is 23.8. The summed E-state index contributed by atoms with van der Waals surface area (Å²) in [6.45, 7) is 7.57. The van der Waals surface area contributed by atoms with Gasteiger partial charge in [0.25, 0.3) is 5.91 Å². The number of aromatic nitrogens is 2. The van der Waals surface area contributed by atoms with Gasteiger partial charge in [-0.05, 0) is 75.1 Å². The van der Waals surface area contributed by atoms with Crippen LogP contribution in [0.1, 0.15) is 53.1 Å². The molecule has 6 heteroatoms. The molecule has 1 unspecified atom stereocenters. The van der Waals surface area contributed by atoms with Gasteiger partial charge in [-0.3, -0.25) is 4.79 Å². The molecule has 0 bridgehead atoms. The van der Waals surface area contributed by atoms with Crippen LogP contribution in [0.25, 0.3) is 11.0 Å². The number of aryl methyl sites for hydroxylation is 3. The van der Waals surface area contributed by atoms with Crippen LogP contribution in [0.15, 0.2) is 66.7 Å². The van der Waals surface area contributed by atoms with E-state index < -0.39 is 0 Å². The molecule has 0 radical (unpaired) electrons. The Hall–Kier alpha value is -3.31. The number of nitrogens with zero attached hydrogens (tertiary/aromatic N) is 2. The molecule has 0 aliphatic rings. The number of unbranched alkanes of at least 4 members (excludes halogenated alkanes) is 1. The second kappa shape index (κ2) is 10.7. The predicted molar refractivity (Wildman–Crippen MR) is 138 cm³/mol. The van der Waals surface area contributed by atoms with E-state index in [1.807, 2.05) is 25.1 Å². The van der Waals surface area contributed by atoms with Crippen LogP contribution in [0, 0.1) is 13.8 Å². The van der Waals surface area contributed by atoms with E-state index in [4.69, 9.17) is 21.3 Å². The summed E-state index contributed by atoms with van der Waals surface area (Å²) >= 11 is 6.05. The number of fused-ring (bicyclic) bond motifs is 1. The number of halogens is 1. The minimum Gasteiger partial charge on any atom is -0.493 e. The van der Waals surface area contributed by atoms with E-state index >= 15 is 0 Å². The van der Waals surface area contributed by atoms with Crippen molar-refractivity contribution in [2.24, 2.45) is 0 Å². The number of hydrogen-bond acceptors (Lipinski definition) is 3. The van der Waals surface area contributed by atoms with Crippen molar-refractivity contribution in [1.82, 2.24) is 14.9 Å². The summed E-state index contributed by atoms with van der Waals surface area (Å²) in [5.41, 5.74) is 4.84. The van der Waals surface area contributed by atoms with E-state index in [0.717, 1.165) is 53.1 Å². The number of rotatable bonds is 9. The maximum Gasteiger partial charge on any atom is 0.251 e. The first-order valence-electron chi connectivity index (χ1n) is 11.6. The van der Waals surface area contributed by atoms with Gasteiger partial charge < -0.3 is 14.6 Å². The monoisotopic (exact) mass is 475 g/mol. The first-order chi connectivity index (χ1) is 16.4. The van der Waals surface area contributed by atoms with Crippen LogP contribution in [0.5, 0.6) is 5.75 Å². The molecule has 1 N–H and O–H groups in total. The Morgan fingerprint density at radius 3 is 2.53 bits per heavy atom. The number of para-hydroxylation sites is 3. The average Bonchev–Trinajstić information content (AvgIpc) is 3.19. The van der Waals surface area contributed by atoms with Crippen molar-refractivity contribution >= 4 is 28.5 Å². The summed E-state index contributed by atoms with van der Waals surface area (Å²) < 4.78 is 8.28. The molecule has 0 saturated heterocycles. The summed E-state index contributed by atoms with van der Waals surface area (Å²) in [5.74, 6) is 1.65. The minimum absolute atomic E-state index is 0.171. The number of hydrogen-bond donors (Lipinski definition) is 1. The average molecular weight is 476 g/mol. The van der Waals surface area contributed by atoms with Crippen molar-refractivity contribution in [3.05, 3.63) is 94.3 Å². The molecular formula is C28H30ClN3O2. The smallest absolute Gasteiger partial charge is 0.251 e. The molecule has 5 nitrogen and oxygen atoms in total. The van der Waals surface area contributed by atoms with Crippen LogP contribution in [-0.2, 0) is 6.54 Å². The van der Waals surface area contributed by atoms with Crippen LogP contribution in [0.4, 0.5) is 0 Å². The number of benzene rings is 3. The third kappa shape index (κ3) is 5.42. The first-order valence-corrected chi connectivity index (χ1v) is 12.0. The normalized spacial score (nSPS) is 12.0. The SMILES string of the molecule is Cc1cccc(C)c1OCCCCn1c(C(C)NC(=O)c2cccc(Cl)c2)nc2ccccc21. The van der Waals surface area contributed by atoms with Gasteiger partial charge in [-0.1, -0.05) is 48.0 Å². The van der Waals surface area contributed by atoms with Crippen LogP contribution in [0.2, 0.25) is 5.02 Å². The van der Waals surface area contributed by atoms with E-state index in [-0.39, 0.29) is 11.9 Å². The van der Waals surface area contributed by atoms with Gasteiger partial charge in [-0.15, -0.1) is 0 Å². The fraction of sp³-hybridized carbons (Fsp3) is 0.286. The molecule has 4 rings (SSSR count). The molecule has 176 valence electrons. The molecule has 0 aliphatic heterocycles.